The van der Waals surface area contributed by atoms with Gasteiger partial charge in [0.25, 0.3) is 0 Å². The molecule has 108 valence electrons. The van der Waals surface area contributed by atoms with Crippen molar-refractivity contribution in [2.45, 2.75) is 52.6 Å². The fraction of sp³-hybridized carbons (Fsp3) is 0.471. The maximum Gasteiger partial charge on any atom is 0.0964 e. The minimum atomic E-state index is 0.493. The molecule has 0 spiro atoms. The molecule has 2 aromatic rings. The van der Waals surface area contributed by atoms with Crippen molar-refractivity contribution in [3.63, 3.8) is 0 Å². The van der Waals surface area contributed by atoms with Crippen molar-refractivity contribution in [2.75, 3.05) is 0 Å². The molecule has 1 heterocycles. The van der Waals surface area contributed by atoms with Gasteiger partial charge in [-0.3, -0.25) is 0 Å². The highest BCUT2D eigenvalue weighted by molar-refractivity contribution is 7.12. The normalized spacial score (nSPS) is 12.8. The van der Waals surface area contributed by atoms with Crippen LogP contribution in [0.2, 0.25) is 0 Å². The van der Waals surface area contributed by atoms with Crippen molar-refractivity contribution in [2.24, 2.45) is 0 Å². The second-order valence-corrected chi connectivity index (χ2v) is 6.65. The molecule has 0 bridgehead atoms. The molecule has 1 aromatic heterocycles. The zero-order valence-electron chi connectivity index (χ0n) is 12.8. The van der Waals surface area contributed by atoms with Gasteiger partial charge < -0.3 is 5.32 Å². The van der Waals surface area contributed by atoms with Crippen molar-refractivity contribution >= 4 is 11.3 Å². The van der Waals surface area contributed by atoms with E-state index in [-0.39, 0.29) is 0 Å². The number of nitrogens with one attached hydrogen (secondary N) is 1. The molecule has 1 atom stereocenters. The molecule has 0 aliphatic rings. The SMILES string of the molecule is CCC(C)c1nc(-c2ccccc2)c(CNC(C)C)s1. The topological polar surface area (TPSA) is 24.9 Å². The van der Waals surface area contributed by atoms with Crippen molar-refractivity contribution in [3.8, 4) is 11.3 Å². The molecule has 2 rings (SSSR count). The monoisotopic (exact) mass is 288 g/mol. The van der Waals surface area contributed by atoms with Gasteiger partial charge in [-0.05, 0) is 6.42 Å². The first kappa shape index (κ1) is 15.2. The van der Waals surface area contributed by atoms with Crippen molar-refractivity contribution < 1.29 is 0 Å². The summed E-state index contributed by atoms with van der Waals surface area (Å²) in [6.45, 7) is 9.74. The maximum absolute atomic E-state index is 4.91. The molecule has 0 aliphatic heterocycles. The first-order chi connectivity index (χ1) is 9.61. The summed E-state index contributed by atoms with van der Waals surface area (Å²) in [5.41, 5.74) is 2.37. The zero-order chi connectivity index (χ0) is 14.5. The Morgan fingerprint density at radius 2 is 1.85 bits per heavy atom. The number of nitrogens with zero attached hydrogens (tertiary/aromatic N) is 1. The summed E-state index contributed by atoms with van der Waals surface area (Å²) in [5, 5.41) is 4.77. The Kier molecular flexibility index (Phi) is 5.32. The Balaban J connectivity index is 2.34. The minimum Gasteiger partial charge on any atom is -0.310 e. The van der Waals surface area contributed by atoms with Gasteiger partial charge in [0.05, 0.1) is 10.7 Å². The van der Waals surface area contributed by atoms with E-state index in [0.29, 0.717) is 12.0 Å². The van der Waals surface area contributed by atoms with Gasteiger partial charge in [-0.25, -0.2) is 4.98 Å². The number of hydrogen-bond donors (Lipinski definition) is 1. The zero-order valence-corrected chi connectivity index (χ0v) is 13.6. The number of benzene rings is 1. The van der Waals surface area contributed by atoms with Crippen LogP contribution in [0.4, 0.5) is 0 Å². The van der Waals surface area contributed by atoms with Gasteiger partial charge in [-0.2, -0.15) is 0 Å². The number of thiazole rings is 1. The third-order valence-corrected chi connectivity index (χ3v) is 4.75. The summed E-state index contributed by atoms with van der Waals surface area (Å²) in [6, 6.07) is 11.0. The third-order valence-electron chi connectivity index (χ3n) is 3.47. The molecular weight excluding hydrogens is 264 g/mol. The number of aromatic nitrogens is 1. The quantitative estimate of drug-likeness (QED) is 0.824. The lowest BCUT2D eigenvalue weighted by Crippen LogP contribution is -2.21. The van der Waals surface area contributed by atoms with Gasteiger partial charge in [0.2, 0.25) is 0 Å². The fourth-order valence-electron chi connectivity index (χ4n) is 1.99. The highest BCUT2D eigenvalue weighted by atomic mass is 32.1. The summed E-state index contributed by atoms with van der Waals surface area (Å²) < 4.78 is 0. The van der Waals surface area contributed by atoms with Crippen molar-refractivity contribution in [1.82, 2.24) is 10.3 Å². The molecule has 1 N–H and O–H groups in total. The van der Waals surface area contributed by atoms with E-state index in [1.165, 1.54) is 15.4 Å². The molecule has 3 heteroatoms. The van der Waals surface area contributed by atoms with Crippen LogP contribution in [0, 0.1) is 0 Å². The van der Waals surface area contributed by atoms with Crippen LogP contribution in [0.25, 0.3) is 11.3 Å². The Morgan fingerprint density at radius 3 is 2.45 bits per heavy atom. The average Bonchev–Trinajstić information content (AvgIpc) is 2.89. The second-order valence-electron chi connectivity index (χ2n) is 5.53. The van der Waals surface area contributed by atoms with Gasteiger partial charge in [-0.1, -0.05) is 58.0 Å². The summed E-state index contributed by atoms with van der Waals surface area (Å²) in [7, 11) is 0. The van der Waals surface area contributed by atoms with Crippen LogP contribution in [0.3, 0.4) is 0 Å². The van der Waals surface area contributed by atoms with Gasteiger partial charge in [-0.15, -0.1) is 11.3 Å². The number of hydrogen-bond acceptors (Lipinski definition) is 3. The molecule has 0 radical (unpaired) electrons. The van der Waals surface area contributed by atoms with E-state index in [0.717, 1.165) is 18.7 Å². The molecule has 0 saturated heterocycles. The van der Waals surface area contributed by atoms with Crippen LogP contribution in [-0.2, 0) is 6.54 Å². The minimum absolute atomic E-state index is 0.493. The Bertz CT molecular complexity index is 531. The smallest absolute Gasteiger partial charge is 0.0964 e. The van der Waals surface area contributed by atoms with Crippen LogP contribution < -0.4 is 5.32 Å². The van der Waals surface area contributed by atoms with Crippen LogP contribution in [0.1, 0.15) is 49.9 Å². The van der Waals surface area contributed by atoms with Gasteiger partial charge >= 0.3 is 0 Å². The first-order valence-corrected chi connectivity index (χ1v) is 8.21. The van der Waals surface area contributed by atoms with Gasteiger partial charge in [0.15, 0.2) is 0 Å². The first-order valence-electron chi connectivity index (χ1n) is 7.40. The van der Waals surface area contributed by atoms with Crippen molar-refractivity contribution in [1.29, 1.82) is 0 Å². The Morgan fingerprint density at radius 1 is 1.15 bits per heavy atom. The van der Waals surface area contributed by atoms with Gasteiger partial charge in [0, 0.05) is 28.9 Å². The summed E-state index contributed by atoms with van der Waals surface area (Å²) in [4.78, 5) is 6.26. The van der Waals surface area contributed by atoms with E-state index < -0.39 is 0 Å². The van der Waals surface area contributed by atoms with E-state index in [1.807, 2.05) is 11.3 Å². The van der Waals surface area contributed by atoms with E-state index >= 15 is 0 Å². The lowest BCUT2D eigenvalue weighted by molar-refractivity contribution is 0.593. The second kappa shape index (κ2) is 7.00. The van der Waals surface area contributed by atoms with Crippen molar-refractivity contribution in [3.05, 3.63) is 40.2 Å². The highest BCUT2D eigenvalue weighted by Gasteiger charge is 2.16. The molecular formula is C17H24N2S. The molecule has 1 aromatic carbocycles. The predicted octanol–water partition coefficient (Wildman–Crippen LogP) is 4.82. The summed E-state index contributed by atoms with van der Waals surface area (Å²) >= 11 is 1.86. The highest BCUT2D eigenvalue weighted by Crippen LogP contribution is 2.32. The van der Waals surface area contributed by atoms with Gasteiger partial charge in [0.1, 0.15) is 0 Å². The van der Waals surface area contributed by atoms with Crippen LogP contribution in [0.5, 0.6) is 0 Å². The number of rotatable bonds is 6. The van der Waals surface area contributed by atoms with Crippen LogP contribution >= 0.6 is 11.3 Å². The third kappa shape index (κ3) is 3.68. The summed E-state index contributed by atoms with van der Waals surface area (Å²) in [6.07, 6.45) is 1.14. The Labute approximate surface area is 126 Å². The van der Waals surface area contributed by atoms with E-state index in [4.69, 9.17) is 4.98 Å². The lowest BCUT2D eigenvalue weighted by atomic mass is 10.1. The molecule has 0 amide bonds. The summed E-state index contributed by atoms with van der Waals surface area (Å²) in [5.74, 6) is 0.537. The lowest BCUT2D eigenvalue weighted by Gasteiger charge is -2.07. The molecule has 0 saturated carbocycles. The largest absolute Gasteiger partial charge is 0.310 e. The predicted molar refractivity (Wildman–Crippen MR) is 88.2 cm³/mol. The van der Waals surface area contributed by atoms with E-state index in [2.05, 4.69) is 63.3 Å². The Hall–Kier alpha value is -1.19. The molecule has 1 unspecified atom stereocenters. The molecule has 2 nitrogen and oxygen atoms in total. The van der Waals surface area contributed by atoms with Crippen LogP contribution in [0.15, 0.2) is 30.3 Å². The van der Waals surface area contributed by atoms with E-state index in [9.17, 15) is 0 Å². The molecule has 20 heavy (non-hydrogen) atoms. The van der Waals surface area contributed by atoms with Crippen LogP contribution in [-0.4, -0.2) is 11.0 Å². The standard InChI is InChI=1S/C17H24N2S/c1-5-13(4)17-19-16(14-9-7-6-8-10-14)15(20-17)11-18-12(2)3/h6-10,12-13,18H,5,11H2,1-4H3. The average molecular weight is 288 g/mol. The molecule has 0 fully saturated rings. The maximum atomic E-state index is 4.91. The molecule has 0 aliphatic carbocycles. The fourth-order valence-corrected chi connectivity index (χ4v) is 3.17. The van der Waals surface area contributed by atoms with E-state index in [1.54, 1.807) is 0 Å².